The summed E-state index contributed by atoms with van der Waals surface area (Å²) < 4.78 is 5.62. The number of hydrogen-bond acceptors (Lipinski definition) is 4. The van der Waals surface area contributed by atoms with Crippen LogP contribution >= 0.6 is 11.6 Å². The molecule has 0 fully saturated rings. The van der Waals surface area contributed by atoms with Crippen LogP contribution in [0.2, 0.25) is 5.02 Å². The van der Waals surface area contributed by atoms with Gasteiger partial charge in [0.25, 0.3) is 0 Å². The molecule has 0 aliphatic carbocycles. The minimum atomic E-state index is -0.418. The summed E-state index contributed by atoms with van der Waals surface area (Å²) in [5.41, 5.74) is 0.369. The van der Waals surface area contributed by atoms with Gasteiger partial charge in [-0.2, -0.15) is 5.10 Å². The topological polar surface area (TPSA) is 112 Å². The van der Waals surface area contributed by atoms with Crippen LogP contribution in [0.3, 0.4) is 0 Å². The van der Waals surface area contributed by atoms with Crippen LogP contribution in [0, 0.1) is 0 Å². The van der Waals surface area contributed by atoms with E-state index in [9.17, 15) is 9.59 Å². The molecule has 1 heterocycles. The lowest BCUT2D eigenvalue weighted by Crippen LogP contribution is -2.35. The highest BCUT2D eigenvalue weighted by molar-refractivity contribution is 6.30. The maximum Gasteiger partial charge on any atom is 0.340 e. The standard InChI is InChI=1S/C14H18ClN5O3/c1-2-5-23-11-4-3-10(15)6-9(11)7-16-13(21)17-8-12-18-14(22)20-19-12/h3-4,6H,2,5,7-8H2,1H3,(H2,16,17,21)(H2,18,19,20,22). The molecule has 2 aromatic rings. The predicted molar refractivity (Wildman–Crippen MR) is 85.5 cm³/mol. The molecule has 8 nitrogen and oxygen atoms in total. The molecule has 4 N–H and O–H groups in total. The molecule has 0 saturated heterocycles. The maximum atomic E-state index is 11.8. The van der Waals surface area contributed by atoms with Gasteiger partial charge in [0.2, 0.25) is 0 Å². The van der Waals surface area contributed by atoms with Gasteiger partial charge in [0, 0.05) is 17.1 Å². The van der Waals surface area contributed by atoms with E-state index in [1.165, 1.54) is 0 Å². The van der Waals surface area contributed by atoms with E-state index in [4.69, 9.17) is 16.3 Å². The second kappa shape index (κ2) is 8.23. The third-order valence-electron chi connectivity index (χ3n) is 2.89. The summed E-state index contributed by atoms with van der Waals surface area (Å²) in [5, 5.41) is 11.8. The van der Waals surface area contributed by atoms with Crippen LogP contribution in [0.4, 0.5) is 4.79 Å². The summed E-state index contributed by atoms with van der Waals surface area (Å²) >= 11 is 5.98. The molecule has 0 aliphatic rings. The molecule has 1 aromatic carbocycles. The number of aromatic nitrogens is 3. The van der Waals surface area contributed by atoms with Gasteiger partial charge in [0.15, 0.2) is 0 Å². The smallest absolute Gasteiger partial charge is 0.340 e. The monoisotopic (exact) mass is 339 g/mol. The van der Waals surface area contributed by atoms with Crippen molar-refractivity contribution in [2.75, 3.05) is 6.61 Å². The van der Waals surface area contributed by atoms with Gasteiger partial charge in [-0.3, -0.25) is 4.98 Å². The van der Waals surface area contributed by atoms with Gasteiger partial charge in [-0.25, -0.2) is 14.7 Å². The molecule has 0 spiro atoms. The summed E-state index contributed by atoms with van der Waals surface area (Å²) in [6, 6.07) is 4.87. The van der Waals surface area contributed by atoms with E-state index in [-0.39, 0.29) is 13.1 Å². The molecule has 1 aromatic heterocycles. The average molecular weight is 340 g/mol. The molecule has 9 heteroatoms. The van der Waals surface area contributed by atoms with E-state index in [1.54, 1.807) is 18.2 Å². The van der Waals surface area contributed by atoms with Crippen molar-refractivity contribution in [3.63, 3.8) is 0 Å². The molecule has 2 rings (SSSR count). The lowest BCUT2D eigenvalue weighted by atomic mass is 10.2. The number of benzene rings is 1. The molecular weight excluding hydrogens is 322 g/mol. The van der Waals surface area contributed by atoms with Crippen LogP contribution in [-0.4, -0.2) is 27.8 Å². The quantitative estimate of drug-likeness (QED) is 0.613. The molecule has 0 radical (unpaired) electrons. The zero-order chi connectivity index (χ0) is 16.7. The Hall–Kier alpha value is -2.48. The van der Waals surface area contributed by atoms with Crippen molar-refractivity contribution in [2.24, 2.45) is 0 Å². The fourth-order valence-electron chi connectivity index (χ4n) is 1.83. The van der Waals surface area contributed by atoms with Crippen LogP contribution in [0.25, 0.3) is 0 Å². The zero-order valence-electron chi connectivity index (χ0n) is 12.6. The third-order valence-corrected chi connectivity index (χ3v) is 3.13. The maximum absolute atomic E-state index is 11.8. The van der Waals surface area contributed by atoms with Crippen molar-refractivity contribution < 1.29 is 9.53 Å². The normalized spacial score (nSPS) is 10.3. The first-order chi connectivity index (χ1) is 11.1. The number of amides is 2. The second-order valence-corrected chi connectivity index (χ2v) is 5.20. The molecule has 0 aliphatic heterocycles. The largest absolute Gasteiger partial charge is 0.493 e. The molecule has 0 unspecified atom stereocenters. The molecule has 2 amide bonds. The Morgan fingerprint density at radius 1 is 1.35 bits per heavy atom. The van der Waals surface area contributed by atoms with Crippen molar-refractivity contribution in [3.05, 3.63) is 45.1 Å². The Morgan fingerprint density at radius 2 is 2.13 bits per heavy atom. The Morgan fingerprint density at radius 3 is 2.83 bits per heavy atom. The third kappa shape index (κ3) is 5.33. The van der Waals surface area contributed by atoms with Gasteiger partial charge in [0.05, 0.1) is 13.2 Å². The van der Waals surface area contributed by atoms with Crippen molar-refractivity contribution in [2.45, 2.75) is 26.4 Å². The number of nitrogens with one attached hydrogen (secondary N) is 4. The lowest BCUT2D eigenvalue weighted by Gasteiger charge is -2.12. The Kier molecular flexibility index (Phi) is 6.04. The fourth-order valence-corrected chi connectivity index (χ4v) is 2.02. The lowest BCUT2D eigenvalue weighted by molar-refractivity contribution is 0.239. The van der Waals surface area contributed by atoms with E-state index < -0.39 is 11.7 Å². The Balaban J connectivity index is 1.87. The Labute approximate surface area is 137 Å². The van der Waals surface area contributed by atoms with Crippen molar-refractivity contribution in [1.82, 2.24) is 25.8 Å². The van der Waals surface area contributed by atoms with Crippen molar-refractivity contribution in [1.29, 1.82) is 0 Å². The number of carbonyl (C=O) groups is 1. The number of halogens is 1. The zero-order valence-corrected chi connectivity index (χ0v) is 13.4. The number of ether oxygens (including phenoxy) is 1. The van der Waals surface area contributed by atoms with Crippen LogP contribution in [0.15, 0.2) is 23.0 Å². The van der Waals surface area contributed by atoms with Crippen LogP contribution in [0.5, 0.6) is 5.75 Å². The number of H-pyrrole nitrogens is 2. The van der Waals surface area contributed by atoms with Gasteiger partial charge in [-0.15, -0.1) is 0 Å². The minimum absolute atomic E-state index is 0.110. The number of hydrogen-bond donors (Lipinski definition) is 4. The first-order valence-corrected chi connectivity index (χ1v) is 7.52. The number of urea groups is 1. The number of rotatable bonds is 7. The van der Waals surface area contributed by atoms with E-state index in [0.29, 0.717) is 23.2 Å². The second-order valence-electron chi connectivity index (χ2n) is 4.76. The highest BCUT2D eigenvalue weighted by Crippen LogP contribution is 2.23. The van der Waals surface area contributed by atoms with Crippen LogP contribution in [-0.2, 0) is 13.1 Å². The number of aromatic amines is 2. The highest BCUT2D eigenvalue weighted by Gasteiger charge is 2.08. The molecule has 124 valence electrons. The molecule has 23 heavy (non-hydrogen) atoms. The molecule has 0 atom stereocenters. The van der Waals surface area contributed by atoms with Gasteiger partial charge in [-0.1, -0.05) is 18.5 Å². The Bertz CT molecular complexity index is 712. The summed E-state index contributed by atoms with van der Waals surface area (Å²) in [5.74, 6) is 1.04. The van der Waals surface area contributed by atoms with Gasteiger partial charge >= 0.3 is 11.7 Å². The number of carbonyl (C=O) groups excluding carboxylic acids is 1. The highest BCUT2D eigenvalue weighted by atomic mass is 35.5. The first kappa shape index (κ1) is 16.9. The number of nitrogens with zero attached hydrogens (tertiary/aromatic N) is 1. The average Bonchev–Trinajstić information content (AvgIpc) is 2.95. The molecular formula is C14H18ClN5O3. The minimum Gasteiger partial charge on any atom is -0.493 e. The summed E-state index contributed by atoms with van der Waals surface area (Å²) in [6.45, 7) is 2.98. The van der Waals surface area contributed by atoms with Crippen LogP contribution in [0.1, 0.15) is 24.7 Å². The summed E-state index contributed by atoms with van der Waals surface area (Å²) in [4.78, 5) is 25.1. The predicted octanol–water partition coefficient (Wildman–Crippen LogP) is 1.54. The van der Waals surface area contributed by atoms with Gasteiger partial charge in [0.1, 0.15) is 11.6 Å². The van der Waals surface area contributed by atoms with Crippen LogP contribution < -0.4 is 21.1 Å². The van der Waals surface area contributed by atoms with Gasteiger partial charge < -0.3 is 15.4 Å². The summed E-state index contributed by atoms with van der Waals surface area (Å²) in [6.07, 6.45) is 0.887. The van der Waals surface area contributed by atoms with E-state index in [0.717, 1.165) is 12.0 Å². The van der Waals surface area contributed by atoms with Crippen molar-refractivity contribution >= 4 is 17.6 Å². The van der Waals surface area contributed by atoms with E-state index in [2.05, 4.69) is 25.8 Å². The molecule has 0 saturated carbocycles. The molecule has 0 bridgehead atoms. The van der Waals surface area contributed by atoms with E-state index >= 15 is 0 Å². The van der Waals surface area contributed by atoms with Gasteiger partial charge in [-0.05, 0) is 24.6 Å². The van der Waals surface area contributed by atoms with Crippen molar-refractivity contribution in [3.8, 4) is 5.75 Å². The summed E-state index contributed by atoms with van der Waals surface area (Å²) in [7, 11) is 0. The SMILES string of the molecule is CCCOc1ccc(Cl)cc1CNC(=O)NCc1n[nH]c(=O)[nH]1. The fraction of sp³-hybridized carbons (Fsp3) is 0.357. The van der Waals surface area contributed by atoms with E-state index in [1.807, 2.05) is 6.92 Å². The first-order valence-electron chi connectivity index (χ1n) is 7.15.